The highest BCUT2D eigenvalue weighted by molar-refractivity contribution is 7.89. The van der Waals surface area contributed by atoms with Gasteiger partial charge in [-0.3, -0.25) is 10.1 Å². The van der Waals surface area contributed by atoms with E-state index >= 15 is 0 Å². The first-order valence-corrected chi connectivity index (χ1v) is 10.5. The largest absolute Gasteiger partial charge is 0.452 e. The lowest BCUT2D eigenvalue weighted by Gasteiger charge is -2.18. The molecule has 0 spiro atoms. The molecule has 0 bridgehead atoms. The second-order valence-electron chi connectivity index (χ2n) is 6.02. The number of carbonyl (C=O) groups excluding carboxylic acids is 3. The SMILES string of the molecule is CC[C@H](C)NC(=O)NC(=O)COC(=O)c1ccc(S(=O)(=O)N(CC)CC)cc1. The Bertz CT molecular complexity index is 788. The second kappa shape index (κ2) is 10.8. The van der Waals surface area contributed by atoms with E-state index in [2.05, 4.69) is 10.6 Å². The van der Waals surface area contributed by atoms with Gasteiger partial charge in [0.1, 0.15) is 0 Å². The van der Waals surface area contributed by atoms with Gasteiger partial charge in [-0.05, 0) is 37.6 Å². The Hall–Kier alpha value is -2.46. The van der Waals surface area contributed by atoms with E-state index in [0.29, 0.717) is 19.5 Å². The van der Waals surface area contributed by atoms with Crippen molar-refractivity contribution in [3.8, 4) is 0 Å². The van der Waals surface area contributed by atoms with Crippen molar-refractivity contribution in [2.45, 2.75) is 45.1 Å². The Balaban J connectivity index is 2.64. The van der Waals surface area contributed by atoms with Crippen LogP contribution in [0.1, 0.15) is 44.5 Å². The highest BCUT2D eigenvalue weighted by Gasteiger charge is 2.22. The summed E-state index contributed by atoms with van der Waals surface area (Å²) in [5, 5.41) is 4.60. The van der Waals surface area contributed by atoms with Gasteiger partial charge in [0.15, 0.2) is 6.61 Å². The number of amides is 3. The van der Waals surface area contributed by atoms with Crippen molar-refractivity contribution in [1.82, 2.24) is 14.9 Å². The van der Waals surface area contributed by atoms with E-state index in [0.717, 1.165) is 0 Å². The van der Waals surface area contributed by atoms with Crippen LogP contribution in [0, 0.1) is 0 Å². The average Bonchev–Trinajstić information content (AvgIpc) is 2.66. The van der Waals surface area contributed by atoms with Gasteiger partial charge in [0.25, 0.3) is 5.91 Å². The Morgan fingerprint density at radius 3 is 2.14 bits per heavy atom. The van der Waals surface area contributed by atoms with Gasteiger partial charge in [-0.15, -0.1) is 0 Å². The van der Waals surface area contributed by atoms with E-state index in [1.165, 1.54) is 28.6 Å². The number of hydrogen-bond acceptors (Lipinski definition) is 6. The Kier molecular flexibility index (Phi) is 9.07. The number of nitrogens with zero attached hydrogens (tertiary/aromatic N) is 1. The summed E-state index contributed by atoms with van der Waals surface area (Å²) in [6.07, 6.45) is 0.705. The van der Waals surface area contributed by atoms with Gasteiger partial charge in [0.05, 0.1) is 10.5 Å². The van der Waals surface area contributed by atoms with Crippen LogP contribution in [-0.2, 0) is 19.6 Å². The fraction of sp³-hybridized carbons (Fsp3) is 0.500. The molecule has 0 radical (unpaired) electrons. The van der Waals surface area contributed by atoms with Crippen molar-refractivity contribution in [2.75, 3.05) is 19.7 Å². The summed E-state index contributed by atoms with van der Waals surface area (Å²) in [6, 6.07) is 4.48. The second-order valence-corrected chi connectivity index (χ2v) is 7.96. The maximum atomic E-state index is 12.4. The van der Waals surface area contributed by atoms with Gasteiger partial charge in [-0.25, -0.2) is 18.0 Å². The van der Waals surface area contributed by atoms with Crippen LogP contribution in [0.2, 0.25) is 0 Å². The maximum absolute atomic E-state index is 12.4. The summed E-state index contributed by atoms with van der Waals surface area (Å²) < 4.78 is 31.0. The fourth-order valence-corrected chi connectivity index (χ4v) is 3.67. The molecule has 0 aliphatic heterocycles. The fourth-order valence-electron chi connectivity index (χ4n) is 2.21. The quantitative estimate of drug-likeness (QED) is 0.592. The normalized spacial score (nSPS) is 12.3. The average molecular weight is 413 g/mol. The van der Waals surface area contributed by atoms with E-state index in [4.69, 9.17) is 4.74 Å². The van der Waals surface area contributed by atoms with E-state index < -0.39 is 34.5 Å². The monoisotopic (exact) mass is 413 g/mol. The van der Waals surface area contributed by atoms with Gasteiger partial charge >= 0.3 is 12.0 Å². The zero-order valence-electron chi connectivity index (χ0n) is 16.5. The standard InChI is InChI=1S/C18H27N3O6S/c1-5-13(4)19-18(24)20-16(22)12-27-17(23)14-8-10-15(11-9-14)28(25,26)21(6-2)7-3/h8-11,13H,5-7,12H2,1-4H3,(H2,19,20,22,24)/t13-/m0/s1. The van der Waals surface area contributed by atoms with Crippen LogP contribution in [0.5, 0.6) is 0 Å². The lowest BCUT2D eigenvalue weighted by Crippen LogP contribution is -2.44. The molecule has 156 valence electrons. The van der Waals surface area contributed by atoms with Crippen molar-refractivity contribution < 1.29 is 27.5 Å². The zero-order chi connectivity index (χ0) is 21.3. The number of benzene rings is 1. The predicted molar refractivity (Wildman–Crippen MR) is 103 cm³/mol. The molecule has 28 heavy (non-hydrogen) atoms. The van der Waals surface area contributed by atoms with Crippen molar-refractivity contribution in [2.24, 2.45) is 0 Å². The Morgan fingerprint density at radius 2 is 1.64 bits per heavy atom. The first-order valence-electron chi connectivity index (χ1n) is 9.03. The number of imide groups is 1. The molecular formula is C18H27N3O6S. The summed E-state index contributed by atoms with van der Waals surface area (Å²) in [7, 11) is -3.62. The van der Waals surface area contributed by atoms with Crippen LogP contribution in [0.25, 0.3) is 0 Å². The minimum Gasteiger partial charge on any atom is -0.452 e. The molecule has 1 rings (SSSR count). The molecule has 0 heterocycles. The molecule has 1 aromatic carbocycles. The summed E-state index contributed by atoms with van der Waals surface area (Å²) in [6.45, 7) is 7.18. The van der Waals surface area contributed by atoms with Crippen molar-refractivity contribution in [3.05, 3.63) is 29.8 Å². The van der Waals surface area contributed by atoms with E-state index in [-0.39, 0.29) is 16.5 Å². The summed E-state index contributed by atoms with van der Waals surface area (Å²) in [5.41, 5.74) is 0.0929. The van der Waals surface area contributed by atoms with Gasteiger partial charge in [-0.1, -0.05) is 20.8 Å². The summed E-state index contributed by atoms with van der Waals surface area (Å²) >= 11 is 0. The smallest absolute Gasteiger partial charge is 0.338 e. The molecule has 0 saturated heterocycles. The molecule has 0 aliphatic carbocycles. The number of rotatable bonds is 9. The van der Waals surface area contributed by atoms with E-state index in [1.807, 2.05) is 6.92 Å². The predicted octanol–water partition coefficient (Wildman–Crippen LogP) is 1.50. The molecule has 0 unspecified atom stereocenters. The highest BCUT2D eigenvalue weighted by Crippen LogP contribution is 2.16. The van der Waals surface area contributed by atoms with Crippen LogP contribution >= 0.6 is 0 Å². The number of carbonyl (C=O) groups is 3. The van der Waals surface area contributed by atoms with Crippen LogP contribution in [0.4, 0.5) is 4.79 Å². The molecule has 0 aromatic heterocycles. The molecular weight excluding hydrogens is 386 g/mol. The van der Waals surface area contributed by atoms with Gasteiger partial charge < -0.3 is 10.1 Å². The number of urea groups is 1. The molecule has 0 aliphatic rings. The van der Waals surface area contributed by atoms with Crippen molar-refractivity contribution >= 4 is 27.9 Å². The van der Waals surface area contributed by atoms with Crippen LogP contribution in [0.3, 0.4) is 0 Å². The molecule has 1 aromatic rings. The van der Waals surface area contributed by atoms with Crippen LogP contribution in [-0.4, -0.2) is 56.4 Å². The Morgan fingerprint density at radius 1 is 1.07 bits per heavy atom. The van der Waals surface area contributed by atoms with Gasteiger partial charge in [-0.2, -0.15) is 4.31 Å². The minimum atomic E-state index is -3.62. The Labute approximate surface area is 165 Å². The van der Waals surface area contributed by atoms with Crippen molar-refractivity contribution in [3.63, 3.8) is 0 Å². The van der Waals surface area contributed by atoms with Gasteiger partial charge in [0, 0.05) is 19.1 Å². The number of ether oxygens (including phenoxy) is 1. The minimum absolute atomic E-state index is 0.0622. The number of esters is 1. The molecule has 2 N–H and O–H groups in total. The third-order valence-electron chi connectivity index (χ3n) is 4.01. The zero-order valence-corrected chi connectivity index (χ0v) is 17.3. The molecule has 1 atom stereocenters. The van der Waals surface area contributed by atoms with E-state index in [9.17, 15) is 22.8 Å². The first-order chi connectivity index (χ1) is 13.1. The topological polar surface area (TPSA) is 122 Å². The van der Waals surface area contributed by atoms with Crippen LogP contribution < -0.4 is 10.6 Å². The first kappa shape index (κ1) is 23.6. The van der Waals surface area contributed by atoms with Gasteiger partial charge in [0.2, 0.25) is 10.0 Å². The lowest BCUT2D eigenvalue weighted by molar-refractivity contribution is -0.123. The third kappa shape index (κ3) is 6.61. The molecule has 10 heteroatoms. The maximum Gasteiger partial charge on any atom is 0.338 e. The number of sulfonamides is 1. The van der Waals surface area contributed by atoms with Crippen molar-refractivity contribution in [1.29, 1.82) is 0 Å². The van der Waals surface area contributed by atoms with E-state index in [1.54, 1.807) is 20.8 Å². The number of hydrogen-bond donors (Lipinski definition) is 2. The molecule has 0 fully saturated rings. The summed E-state index contributed by atoms with van der Waals surface area (Å²) in [5.74, 6) is -1.57. The highest BCUT2D eigenvalue weighted by atomic mass is 32.2. The van der Waals surface area contributed by atoms with Crippen LogP contribution in [0.15, 0.2) is 29.2 Å². The molecule has 9 nitrogen and oxygen atoms in total. The molecule has 0 saturated carbocycles. The summed E-state index contributed by atoms with van der Waals surface area (Å²) in [4.78, 5) is 35.2. The molecule has 3 amide bonds. The third-order valence-corrected chi connectivity index (χ3v) is 6.07. The lowest BCUT2D eigenvalue weighted by atomic mass is 10.2. The number of nitrogens with one attached hydrogen (secondary N) is 2.